The Hall–Kier alpha value is -3.48. The minimum absolute atomic E-state index is 0.110. The van der Waals surface area contributed by atoms with Gasteiger partial charge in [-0.05, 0) is 59.2 Å². The molecule has 0 unspecified atom stereocenters. The normalized spacial score (nSPS) is 13.9. The summed E-state index contributed by atoms with van der Waals surface area (Å²) in [7, 11) is 0. The zero-order chi connectivity index (χ0) is 39.6. The Balaban J connectivity index is 1.01. The van der Waals surface area contributed by atoms with Crippen molar-refractivity contribution in [3.8, 4) is 5.00 Å². The minimum Gasteiger partial charge on any atom is -0.444 e. The van der Waals surface area contributed by atoms with E-state index in [0.29, 0.717) is 103 Å². The molecule has 304 valence electrons. The summed E-state index contributed by atoms with van der Waals surface area (Å²) in [5.41, 5.74) is 3.37. The first-order valence-electron chi connectivity index (χ1n) is 18.5. The average molecular weight is 807 g/mol. The van der Waals surface area contributed by atoms with Crippen molar-refractivity contribution in [2.24, 2.45) is 4.99 Å². The molecule has 0 aliphatic carbocycles. The van der Waals surface area contributed by atoms with E-state index in [4.69, 9.17) is 49.8 Å². The molecule has 55 heavy (non-hydrogen) atoms. The van der Waals surface area contributed by atoms with Crippen LogP contribution in [0.1, 0.15) is 66.5 Å². The molecule has 3 heterocycles. The van der Waals surface area contributed by atoms with Crippen molar-refractivity contribution in [2.45, 2.75) is 59.6 Å². The van der Waals surface area contributed by atoms with Gasteiger partial charge in [0.1, 0.15) is 22.5 Å². The van der Waals surface area contributed by atoms with Crippen LogP contribution in [0.25, 0.3) is 5.00 Å². The van der Waals surface area contributed by atoms with Gasteiger partial charge in [0.25, 0.3) is 0 Å². The van der Waals surface area contributed by atoms with Crippen LogP contribution in [0.3, 0.4) is 0 Å². The second kappa shape index (κ2) is 22.9. The van der Waals surface area contributed by atoms with E-state index < -0.39 is 17.7 Å². The second-order valence-corrected chi connectivity index (χ2v) is 15.2. The number of hydrogen-bond acceptors (Lipinski definition) is 13. The van der Waals surface area contributed by atoms with Crippen molar-refractivity contribution in [3.63, 3.8) is 0 Å². The number of rotatable bonds is 24. The van der Waals surface area contributed by atoms with Crippen LogP contribution in [-0.4, -0.2) is 130 Å². The number of alkyl carbamates (subject to hydrolysis) is 1. The monoisotopic (exact) mass is 806 g/mol. The third-order valence-corrected chi connectivity index (χ3v) is 9.52. The standard InChI is InChI=1S/C38H55ClN6O9S/c1-26-27(2)55-36-33(26)34(29-7-9-30(39)10-8-29)42-31(35-44-43-28(3)45(35)36)25-32(46)40-11-13-48-15-17-50-19-21-52-23-24-53-22-20-51-18-16-49-14-12-41-37(47)54-38(4,5)6/h7-10,31H,11-25H2,1-6H3,(H,40,46)(H,41,47)/t31-/m0/s1. The molecule has 2 N–H and O–H groups in total. The molecule has 0 radical (unpaired) electrons. The number of aliphatic imine (C=N–C) groups is 1. The third-order valence-electron chi connectivity index (χ3n) is 8.08. The lowest BCUT2D eigenvalue weighted by Crippen LogP contribution is -2.34. The summed E-state index contributed by atoms with van der Waals surface area (Å²) in [5.74, 6) is 1.22. The molecule has 15 nitrogen and oxygen atoms in total. The number of carbonyl (C=O) groups is 2. The van der Waals surface area contributed by atoms with Crippen LogP contribution in [0.5, 0.6) is 0 Å². The SMILES string of the molecule is Cc1sc2c(c1C)C(c1ccc(Cl)cc1)=N[C@@H](CC(=O)NCCOCCOCCOCCOCCOCCOCCNC(=O)OC(C)(C)C)c1nnc(C)n1-2. The average Bonchev–Trinajstić information content (AvgIpc) is 3.61. The molecule has 1 aromatic carbocycles. The predicted molar refractivity (Wildman–Crippen MR) is 210 cm³/mol. The lowest BCUT2D eigenvalue weighted by atomic mass is 9.99. The van der Waals surface area contributed by atoms with Gasteiger partial charge in [-0.3, -0.25) is 14.4 Å². The highest BCUT2D eigenvalue weighted by Crippen LogP contribution is 2.39. The molecular weight excluding hydrogens is 752 g/mol. The number of amides is 2. The molecule has 0 bridgehead atoms. The van der Waals surface area contributed by atoms with Crippen molar-refractivity contribution >= 4 is 40.6 Å². The highest BCUT2D eigenvalue weighted by molar-refractivity contribution is 7.15. The number of aryl methyl sites for hydroxylation is 2. The van der Waals surface area contributed by atoms with Crippen LogP contribution < -0.4 is 10.6 Å². The number of nitrogens with one attached hydrogen (secondary N) is 2. The molecule has 1 atom stereocenters. The molecule has 2 aromatic heterocycles. The zero-order valence-corrected chi connectivity index (χ0v) is 34.3. The fourth-order valence-electron chi connectivity index (χ4n) is 5.38. The zero-order valence-electron chi connectivity index (χ0n) is 32.7. The van der Waals surface area contributed by atoms with Gasteiger partial charge in [0, 0.05) is 34.1 Å². The number of fused-ring (bicyclic) bond motifs is 3. The number of nitrogens with zero attached hydrogens (tertiary/aromatic N) is 4. The summed E-state index contributed by atoms with van der Waals surface area (Å²) in [6.07, 6.45) is -0.351. The molecule has 1 aliphatic rings. The van der Waals surface area contributed by atoms with Crippen LogP contribution in [0.15, 0.2) is 29.3 Å². The molecule has 17 heteroatoms. The van der Waals surface area contributed by atoms with Crippen LogP contribution in [0.2, 0.25) is 5.02 Å². The molecule has 0 saturated heterocycles. The van der Waals surface area contributed by atoms with Gasteiger partial charge in [-0.2, -0.15) is 0 Å². The number of carbonyl (C=O) groups excluding carboxylic acids is 2. The fraction of sp³-hybridized carbons (Fsp3) is 0.605. The summed E-state index contributed by atoms with van der Waals surface area (Å²) in [5, 5.41) is 16.0. The summed E-state index contributed by atoms with van der Waals surface area (Å²) >= 11 is 7.88. The lowest BCUT2D eigenvalue weighted by Gasteiger charge is -2.19. The van der Waals surface area contributed by atoms with Crippen LogP contribution in [0, 0.1) is 20.8 Å². The van der Waals surface area contributed by atoms with Gasteiger partial charge in [0.15, 0.2) is 5.82 Å². The Morgan fingerprint density at radius 2 is 1.27 bits per heavy atom. The Kier molecular flexibility index (Phi) is 18.4. The maximum atomic E-state index is 13.1. The topological polar surface area (TPSA) is 166 Å². The summed E-state index contributed by atoms with van der Waals surface area (Å²) in [6.45, 7) is 17.4. The van der Waals surface area contributed by atoms with Gasteiger partial charge < -0.3 is 43.8 Å². The minimum atomic E-state index is -0.534. The molecule has 2 amide bonds. The smallest absolute Gasteiger partial charge is 0.407 e. The van der Waals surface area contributed by atoms with Gasteiger partial charge in [-0.25, -0.2) is 4.79 Å². The largest absolute Gasteiger partial charge is 0.444 e. The Labute approximate surface area is 332 Å². The first kappa shape index (κ1) is 44.2. The van der Waals surface area contributed by atoms with E-state index >= 15 is 0 Å². The Morgan fingerprint density at radius 1 is 0.764 bits per heavy atom. The lowest BCUT2D eigenvalue weighted by molar-refractivity contribution is -0.121. The van der Waals surface area contributed by atoms with E-state index in [9.17, 15) is 9.59 Å². The number of thiophene rings is 1. The van der Waals surface area contributed by atoms with E-state index in [0.717, 1.165) is 33.2 Å². The van der Waals surface area contributed by atoms with Crippen molar-refractivity contribution in [1.29, 1.82) is 0 Å². The third kappa shape index (κ3) is 14.8. The molecule has 0 saturated carbocycles. The molecule has 3 aromatic rings. The molecule has 1 aliphatic heterocycles. The Morgan fingerprint density at radius 3 is 1.80 bits per heavy atom. The molecule has 4 rings (SSSR count). The number of ether oxygens (including phenoxy) is 7. The van der Waals surface area contributed by atoms with Gasteiger partial charge in [0.2, 0.25) is 5.91 Å². The summed E-state index contributed by atoms with van der Waals surface area (Å²) in [6, 6.07) is 7.07. The quantitative estimate of drug-likeness (QED) is 0.118. The van der Waals surface area contributed by atoms with Gasteiger partial charge in [-0.15, -0.1) is 21.5 Å². The molecule has 0 spiro atoms. The Bertz CT molecular complexity index is 1680. The van der Waals surface area contributed by atoms with Crippen molar-refractivity contribution in [1.82, 2.24) is 25.4 Å². The highest BCUT2D eigenvalue weighted by atomic mass is 35.5. The van der Waals surface area contributed by atoms with Gasteiger partial charge in [-0.1, -0.05) is 23.7 Å². The van der Waals surface area contributed by atoms with E-state index in [2.05, 4.69) is 34.7 Å². The number of benzene rings is 1. The number of hydrogen-bond donors (Lipinski definition) is 2. The van der Waals surface area contributed by atoms with Crippen molar-refractivity contribution < 1.29 is 42.7 Å². The summed E-state index contributed by atoms with van der Waals surface area (Å²) < 4.78 is 40.3. The first-order valence-corrected chi connectivity index (χ1v) is 19.7. The van der Waals surface area contributed by atoms with E-state index in [1.54, 1.807) is 11.3 Å². The van der Waals surface area contributed by atoms with E-state index in [1.807, 2.05) is 56.5 Å². The maximum absolute atomic E-state index is 13.1. The maximum Gasteiger partial charge on any atom is 0.407 e. The van der Waals surface area contributed by atoms with Gasteiger partial charge in [0.05, 0.1) is 91.4 Å². The van der Waals surface area contributed by atoms with Crippen LogP contribution in [0.4, 0.5) is 4.79 Å². The second-order valence-electron chi connectivity index (χ2n) is 13.6. The van der Waals surface area contributed by atoms with Gasteiger partial charge >= 0.3 is 6.09 Å². The van der Waals surface area contributed by atoms with Crippen molar-refractivity contribution in [3.05, 3.63) is 62.5 Å². The number of aromatic nitrogens is 3. The summed E-state index contributed by atoms with van der Waals surface area (Å²) in [4.78, 5) is 31.0. The van der Waals surface area contributed by atoms with E-state index in [1.165, 1.54) is 4.88 Å². The predicted octanol–water partition coefficient (Wildman–Crippen LogP) is 4.93. The highest BCUT2D eigenvalue weighted by Gasteiger charge is 2.32. The van der Waals surface area contributed by atoms with E-state index in [-0.39, 0.29) is 12.3 Å². The number of halogens is 1. The molecular formula is C38H55ClN6O9S. The van der Waals surface area contributed by atoms with Crippen LogP contribution >= 0.6 is 22.9 Å². The van der Waals surface area contributed by atoms with Crippen LogP contribution in [-0.2, 0) is 38.0 Å². The molecule has 0 fully saturated rings. The van der Waals surface area contributed by atoms with Crippen molar-refractivity contribution in [2.75, 3.05) is 92.4 Å². The first-order chi connectivity index (χ1) is 26.4. The fourth-order valence-corrected chi connectivity index (χ4v) is 6.72.